The van der Waals surface area contributed by atoms with Crippen molar-refractivity contribution in [1.82, 2.24) is 9.80 Å². The van der Waals surface area contributed by atoms with Crippen molar-refractivity contribution >= 4 is 12.2 Å². The average Bonchev–Trinajstić information content (AvgIpc) is 2.64. The Morgan fingerprint density at radius 3 is 2.10 bits per heavy atom. The van der Waals surface area contributed by atoms with Crippen LogP contribution in [-0.4, -0.2) is 71.8 Å². The van der Waals surface area contributed by atoms with Gasteiger partial charge < -0.3 is 19.5 Å². The van der Waals surface area contributed by atoms with E-state index in [1.165, 1.54) is 6.07 Å². The number of rotatable bonds is 5. The van der Waals surface area contributed by atoms with Gasteiger partial charge in [-0.25, -0.2) is 14.0 Å². The lowest BCUT2D eigenvalue weighted by molar-refractivity contribution is -0.308. The zero-order chi connectivity index (χ0) is 23.4. The van der Waals surface area contributed by atoms with E-state index in [4.69, 9.17) is 5.11 Å². The lowest BCUT2D eigenvalue weighted by Gasteiger charge is -2.35. The molecule has 0 spiro atoms. The molecule has 1 aromatic rings. The highest BCUT2D eigenvalue weighted by atomic mass is 19.4. The van der Waals surface area contributed by atoms with Crippen molar-refractivity contribution in [1.29, 1.82) is 0 Å². The number of hydrogen-bond acceptors (Lipinski definition) is 5. The van der Waals surface area contributed by atoms with Crippen molar-refractivity contribution in [2.24, 2.45) is 0 Å². The molecule has 1 aliphatic rings. The van der Waals surface area contributed by atoms with Crippen molar-refractivity contribution in [2.75, 3.05) is 26.2 Å². The summed E-state index contributed by atoms with van der Waals surface area (Å²) in [6.07, 6.45) is -19.1. The van der Waals surface area contributed by atoms with Crippen molar-refractivity contribution in [2.45, 2.75) is 31.6 Å². The van der Waals surface area contributed by atoms with Gasteiger partial charge in [-0.3, -0.25) is 4.90 Å². The molecular weight excluding hydrogens is 445 g/mol. The second-order valence-electron chi connectivity index (χ2n) is 6.58. The summed E-state index contributed by atoms with van der Waals surface area (Å²) in [6.45, 7) is -0.504. The first kappa shape index (κ1) is 24.5. The summed E-state index contributed by atoms with van der Waals surface area (Å²) in [5, 5.41) is 8.58. The van der Waals surface area contributed by atoms with Crippen LogP contribution in [0.2, 0.25) is 0 Å². The molecule has 0 atom stereocenters. The van der Waals surface area contributed by atoms with Crippen LogP contribution in [0.5, 0.6) is 0 Å². The van der Waals surface area contributed by atoms with Gasteiger partial charge in [0, 0.05) is 32.7 Å². The molecule has 0 aromatic heterocycles. The molecule has 1 fully saturated rings. The topological polar surface area (TPSA) is 79.3 Å². The Kier molecular flexibility index (Phi) is 7.57. The fraction of sp³-hybridized carbons (Fsp3) is 0.529. The predicted octanol–water partition coefficient (Wildman–Crippen LogP) is 3.77. The summed E-state index contributed by atoms with van der Waals surface area (Å²) in [5.41, 5.74) is 0.760. The number of hydrogen-bond donors (Lipinski definition) is 1. The van der Waals surface area contributed by atoms with Gasteiger partial charge in [0.2, 0.25) is 0 Å². The summed E-state index contributed by atoms with van der Waals surface area (Å²) in [6, 6.07) is 3.62. The first-order valence-electron chi connectivity index (χ1n) is 8.71. The van der Waals surface area contributed by atoms with Crippen LogP contribution < -0.4 is 0 Å². The normalized spacial score (nSPS) is 15.8. The molecule has 1 heterocycles. The number of nitrogens with zero attached hydrogens (tertiary/aromatic N) is 2. The number of alkyl halides is 6. The summed E-state index contributed by atoms with van der Waals surface area (Å²) in [5.74, 6) is -0.621. The molecule has 1 aromatic carbocycles. The minimum Gasteiger partial charge on any atom is -0.450 e. The Morgan fingerprint density at radius 2 is 1.58 bits per heavy atom. The van der Waals surface area contributed by atoms with E-state index in [0.717, 1.165) is 17.0 Å². The number of ether oxygens (including phenoxy) is 2. The summed E-state index contributed by atoms with van der Waals surface area (Å²) in [7, 11) is 0. The zero-order valence-electron chi connectivity index (χ0n) is 15.7. The van der Waals surface area contributed by atoms with E-state index in [1.807, 2.05) is 0 Å². The minimum absolute atomic E-state index is 0.0778. The smallest absolute Gasteiger partial charge is 0.450 e. The van der Waals surface area contributed by atoms with Gasteiger partial charge in [-0.15, -0.1) is 0 Å². The first-order valence-corrected chi connectivity index (χ1v) is 8.71. The van der Waals surface area contributed by atoms with E-state index in [-0.39, 0.29) is 38.3 Å². The van der Waals surface area contributed by atoms with Crippen LogP contribution in [0.15, 0.2) is 18.2 Å². The standard InChI is InChI=1S/C17H17F7N2O5/c18-12-2-1-10(11(7-12)9-30-15(28)29)8-25-3-5-26(6-4-25)14(27)31-13(16(19,20)21)17(22,23)24/h1-2,7,13H,3-6,8-9H2,(H,28,29). The lowest BCUT2D eigenvalue weighted by atomic mass is 10.1. The van der Waals surface area contributed by atoms with Gasteiger partial charge in [0.25, 0.3) is 6.10 Å². The van der Waals surface area contributed by atoms with Crippen LogP contribution in [0.3, 0.4) is 0 Å². The lowest BCUT2D eigenvalue weighted by Crippen LogP contribution is -2.52. The van der Waals surface area contributed by atoms with Crippen LogP contribution >= 0.6 is 0 Å². The van der Waals surface area contributed by atoms with Crippen LogP contribution in [-0.2, 0) is 22.6 Å². The second kappa shape index (κ2) is 9.58. The highest BCUT2D eigenvalue weighted by Crippen LogP contribution is 2.36. The highest BCUT2D eigenvalue weighted by molar-refractivity contribution is 5.68. The molecule has 0 aliphatic carbocycles. The fourth-order valence-corrected chi connectivity index (χ4v) is 2.85. The molecule has 174 valence electrons. The van der Waals surface area contributed by atoms with Crippen molar-refractivity contribution in [3.05, 3.63) is 35.1 Å². The van der Waals surface area contributed by atoms with Gasteiger partial charge in [-0.1, -0.05) is 6.07 Å². The third kappa shape index (κ3) is 7.15. The Labute approximate surface area is 170 Å². The Hall–Kier alpha value is -2.77. The number of piperazine rings is 1. The van der Waals surface area contributed by atoms with E-state index in [0.29, 0.717) is 5.56 Å². The molecule has 0 bridgehead atoms. The van der Waals surface area contributed by atoms with Crippen LogP contribution in [0.25, 0.3) is 0 Å². The fourth-order valence-electron chi connectivity index (χ4n) is 2.85. The van der Waals surface area contributed by atoms with E-state index in [2.05, 4.69) is 9.47 Å². The Balaban J connectivity index is 1.96. The predicted molar refractivity (Wildman–Crippen MR) is 88.4 cm³/mol. The van der Waals surface area contributed by atoms with Gasteiger partial charge in [0.15, 0.2) is 0 Å². The number of carbonyl (C=O) groups excluding carboxylic acids is 1. The van der Waals surface area contributed by atoms with E-state index in [1.54, 1.807) is 4.90 Å². The number of benzene rings is 1. The van der Waals surface area contributed by atoms with Gasteiger partial charge in [-0.05, 0) is 23.3 Å². The van der Waals surface area contributed by atoms with E-state index >= 15 is 0 Å². The monoisotopic (exact) mass is 462 g/mol. The van der Waals surface area contributed by atoms with Crippen molar-refractivity contribution in [3.63, 3.8) is 0 Å². The SMILES string of the molecule is O=C(O)OCc1cc(F)ccc1CN1CCN(C(=O)OC(C(F)(F)F)C(F)(F)F)CC1. The Bertz CT molecular complexity index is 778. The molecule has 2 rings (SSSR count). The molecule has 0 saturated carbocycles. The molecule has 7 nitrogen and oxygen atoms in total. The van der Waals surface area contributed by atoms with Crippen LogP contribution in [0, 0.1) is 5.82 Å². The molecule has 31 heavy (non-hydrogen) atoms. The van der Waals surface area contributed by atoms with Crippen molar-refractivity contribution < 1.29 is 54.9 Å². The second-order valence-corrected chi connectivity index (χ2v) is 6.58. The summed E-state index contributed by atoms with van der Waals surface area (Å²) >= 11 is 0. The molecule has 14 heteroatoms. The first-order chi connectivity index (χ1) is 14.3. The number of halogens is 7. The minimum atomic E-state index is -5.80. The molecule has 1 N–H and O–H groups in total. The molecule has 1 saturated heterocycles. The number of carboxylic acid groups (broad SMARTS) is 1. The molecular formula is C17H17F7N2O5. The number of amides is 1. The van der Waals surface area contributed by atoms with E-state index < -0.39 is 43.1 Å². The molecule has 0 unspecified atom stereocenters. The molecule has 1 amide bonds. The summed E-state index contributed by atoms with van der Waals surface area (Å²) in [4.78, 5) is 24.7. The van der Waals surface area contributed by atoms with Crippen LogP contribution in [0.1, 0.15) is 11.1 Å². The number of carbonyl (C=O) groups is 2. The quantitative estimate of drug-likeness (QED) is 0.530. The van der Waals surface area contributed by atoms with Crippen LogP contribution in [0.4, 0.5) is 40.3 Å². The maximum absolute atomic E-state index is 13.4. The Morgan fingerprint density at radius 1 is 1.00 bits per heavy atom. The van der Waals surface area contributed by atoms with Gasteiger partial charge in [0.1, 0.15) is 12.4 Å². The average molecular weight is 462 g/mol. The third-order valence-corrected chi connectivity index (χ3v) is 4.36. The highest BCUT2D eigenvalue weighted by Gasteiger charge is 2.60. The summed E-state index contributed by atoms with van der Waals surface area (Å²) < 4.78 is 96.7. The van der Waals surface area contributed by atoms with E-state index in [9.17, 15) is 40.3 Å². The largest absolute Gasteiger partial charge is 0.506 e. The third-order valence-electron chi connectivity index (χ3n) is 4.36. The van der Waals surface area contributed by atoms with Gasteiger partial charge >= 0.3 is 24.6 Å². The van der Waals surface area contributed by atoms with Crippen molar-refractivity contribution in [3.8, 4) is 0 Å². The molecule has 1 aliphatic heterocycles. The maximum Gasteiger partial charge on any atom is 0.506 e. The molecule has 0 radical (unpaired) electrons. The van der Waals surface area contributed by atoms with Gasteiger partial charge in [-0.2, -0.15) is 26.3 Å². The maximum atomic E-state index is 13.4. The van der Waals surface area contributed by atoms with Gasteiger partial charge in [0.05, 0.1) is 0 Å². The zero-order valence-corrected chi connectivity index (χ0v) is 15.7.